The molecule has 0 aliphatic heterocycles. The van der Waals surface area contributed by atoms with Gasteiger partial charge in [-0.1, -0.05) is 13.0 Å². The number of aromatic hydroxyl groups is 1. The van der Waals surface area contributed by atoms with Crippen molar-refractivity contribution >= 4 is 0 Å². The van der Waals surface area contributed by atoms with Crippen molar-refractivity contribution < 1.29 is 9.84 Å². The zero-order valence-electron chi connectivity index (χ0n) is 13.0. The molecule has 0 heterocycles. The van der Waals surface area contributed by atoms with Crippen LogP contribution in [0.4, 0.5) is 0 Å². The topological polar surface area (TPSA) is 32.7 Å². The normalized spacial score (nSPS) is 18.3. The predicted molar refractivity (Wildman–Crippen MR) is 82.4 cm³/mol. The molecule has 3 nitrogen and oxygen atoms in total. The summed E-state index contributed by atoms with van der Waals surface area (Å²) in [6.07, 6.45) is 4.35. The van der Waals surface area contributed by atoms with Crippen molar-refractivity contribution in [2.45, 2.75) is 45.6 Å². The number of hydrogen-bond donors (Lipinski definition) is 1. The van der Waals surface area contributed by atoms with Crippen molar-refractivity contribution in [3.8, 4) is 5.75 Å². The summed E-state index contributed by atoms with van der Waals surface area (Å²) in [5.41, 5.74) is 3.84. The minimum atomic E-state index is 0.475. The first-order valence-electron chi connectivity index (χ1n) is 7.70. The number of benzene rings is 1. The molecule has 0 spiro atoms. The van der Waals surface area contributed by atoms with Gasteiger partial charge in [0.1, 0.15) is 5.75 Å². The van der Waals surface area contributed by atoms with Crippen LogP contribution < -0.4 is 0 Å². The Morgan fingerprint density at radius 2 is 2.10 bits per heavy atom. The van der Waals surface area contributed by atoms with Crippen LogP contribution in [0.15, 0.2) is 12.1 Å². The molecular formula is C17H27NO2. The SMILES string of the molecule is CCCN(CCOC)[C@H]1CCc2c(O)ccc(C)c2C1. The van der Waals surface area contributed by atoms with Crippen LogP contribution in [0.1, 0.15) is 36.5 Å². The number of phenolic OH excluding ortho intramolecular Hbond substituents is 1. The summed E-state index contributed by atoms with van der Waals surface area (Å²) in [5, 5.41) is 10.0. The smallest absolute Gasteiger partial charge is 0.119 e. The van der Waals surface area contributed by atoms with Crippen LogP contribution in [0.5, 0.6) is 5.75 Å². The first-order valence-corrected chi connectivity index (χ1v) is 7.70. The highest BCUT2D eigenvalue weighted by atomic mass is 16.5. The van der Waals surface area contributed by atoms with Crippen molar-refractivity contribution in [2.24, 2.45) is 0 Å². The van der Waals surface area contributed by atoms with E-state index in [0.29, 0.717) is 11.8 Å². The highest BCUT2D eigenvalue weighted by Gasteiger charge is 2.26. The highest BCUT2D eigenvalue weighted by Crippen LogP contribution is 2.32. The summed E-state index contributed by atoms with van der Waals surface area (Å²) in [5.74, 6) is 0.475. The van der Waals surface area contributed by atoms with Gasteiger partial charge in [0, 0.05) is 19.7 Å². The summed E-state index contributed by atoms with van der Waals surface area (Å²) < 4.78 is 5.24. The number of hydrogen-bond acceptors (Lipinski definition) is 3. The third-order valence-corrected chi connectivity index (χ3v) is 4.42. The van der Waals surface area contributed by atoms with Crippen LogP contribution in [-0.4, -0.2) is 42.9 Å². The number of methoxy groups -OCH3 is 1. The summed E-state index contributed by atoms with van der Waals surface area (Å²) in [6, 6.07) is 4.46. The molecule has 3 heteroatoms. The number of rotatable bonds is 6. The Labute approximate surface area is 122 Å². The van der Waals surface area contributed by atoms with E-state index in [1.807, 2.05) is 12.1 Å². The van der Waals surface area contributed by atoms with E-state index >= 15 is 0 Å². The summed E-state index contributed by atoms with van der Waals surface area (Å²) in [7, 11) is 1.77. The zero-order valence-corrected chi connectivity index (χ0v) is 13.0. The molecule has 0 saturated carbocycles. The van der Waals surface area contributed by atoms with Crippen LogP contribution in [0.2, 0.25) is 0 Å². The molecule has 1 aliphatic rings. The second-order valence-corrected chi connectivity index (χ2v) is 5.78. The van der Waals surface area contributed by atoms with E-state index in [4.69, 9.17) is 4.74 Å². The van der Waals surface area contributed by atoms with Gasteiger partial charge in [0.2, 0.25) is 0 Å². The largest absolute Gasteiger partial charge is 0.508 e. The monoisotopic (exact) mass is 277 g/mol. The Kier molecular flexibility index (Phi) is 5.44. The molecule has 1 aromatic carbocycles. The lowest BCUT2D eigenvalue weighted by atomic mass is 9.84. The molecule has 0 saturated heterocycles. The van der Waals surface area contributed by atoms with Crippen molar-refractivity contribution in [3.05, 3.63) is 28.8 Å². The van der Waals surface area contributed by atoms with Crippen LogP contribution in [0, 0.1) is 6.92 Å². The molecule has 1 aliphatic carbocycles. The number of fused-ring (bicyclic) bond motifs is 1. The Morgan fingerprint density at radius 1 is 1.30 bits per heavy atom. The molecule has 0 aromatic heterocycles. The van der Waals surface area contributed by atoms with Crippen LogP contribution in [0.25, 0.3) is 0 Å². The number of nitrogens with zero attached hydrogens (tertiary/aromatic N) is 1. The van der Waals surface area contributed by atoms with Gasteiger partial charge in [0.05, 0.1) is 6.61 Å². The summed E-state index contributed by atoms with van der Waals surface area (Å²) in [4.78, 5) is 2.55. The Bertz CT molecular complexity index is 445. The predicted octanol–water partition coefficient (Wildman–Crippen LogP) is 2.92. The molecule has 0 amide bonds. The minimum Gasteiger partial charge on any atom is -0.508 e. The minimum absolute atomic E-state index is 0.475. The fourth-order valence-electron chi connectivity index (χ4n) is 3.29. The Hall–Kier alpha value is -1.06. The van der Waals surface area contributed by atoms with Gasteiger partial charge in [-0.2, -0.15) is 0 Å². The maximum absolute atomic E-state index is 10.0. The van der Waals surface area contributed by atoms with E-state index in [1.165, 1.54) is 23.1 Å². The lowest BCUT2D eigenvalue weighted by molar-refractivity contribution is 0.112. The van der Waals surface area contributed by atoms with Gasteiger partial charge >= 0.3 is 0 Å². The Morgan fingerprint density at radius 3 is 2.80 bits per heavy atom. The van der Waals surface area contributed by atoms with Gasteiger partial charge in [-0.3, -0.25) is 4.90 Å². The molecule has 0 radical (unpaired) electrons. The van der Waals surface area contributed by atoms with Crippen LogP contribution in [-0.2, 0) is 17.6 Å². The van der Waals surface area contributed by atoms with Crippen LogP contribution >= 0.6 is 0 Å². The number of ether oxygens (including phenoxy) is 1. The maximum atomic E-state index is 10.0. The first kappa shape index (κ1) is 15.3. The first-order chi connectivity index (χ1) is 9.67. The average Bonchev–Trinajstić information content (AvgIpc) is 2.47. The quantitative estimate of drug-likeness (QED) is 0.868. The van der Waals surface area contributed by atoms with E-state index < -0.39 is 0 Å². The average molecular weight is 277 g/mol. The molecular weight excluding hydrogens is 250 g/mol. The van der Waals surface area contributed by atoms with Crippen molar-refractivity contribution in [1.29, 1.82) is 0 Å². The molecule has 1 aromatic rings. The molecule has 1 atom stereocenters. The summed E-state index contributed by atoms with van der Waals surface area (Å²) in [6.45, 7) is 7.30. The standard InChI is InChI=1S/C17H27NO2/c1-4-9-18(10-11-20-3)14-6-7-15-16(12-14)13(2)5-8-17(15)19/h5,8,14,19H,4,6-7,9-12H2,1-3H3/t14-/m0/s1. The van der Waals surface area contributed by atoms with E-state index in [1.54, 1.807) is 7.11 Å². The van der Waals surface area contributed by atoms with Gasteiger partial charge < -0.3 is 9.84 Å². The van der Waals surface area contributed by atoms with Crippen LogP contribution in [0.3, 0.4) is 0 Å². The van der Waals surface area contributed by atoms with Crippen molar-refractivity contribution in [1.82, 2.24) is 4.90 Å². The van der Waals surface area contributed by atoms with Gasteiger partial charge in [0.15, 0.2) is 0 Å². The van der Waals surface area contributed by atoms with Gasteiger partial charge in [0.25, 0.3) is 0 Å². The second kappa shape index (κ2) is 7.09. The maximum Gasteiger partial charge on any atom is 0.119 e. The van der Waals surface area contributed by atoms with E-state index in [9.17, 15) is 5.11 Å². The molecule has 0 fully saturated rings. The van der Waals surface area contributed by atoms with Gasteiger partial charge in [-0.25, -0.2) is 0 Å². The third kappa shape index (κ3) is 3.33. The van der Waals surface area contributed by atoms with E-state index in [-0.39, 0.29) is 0 Å². The summed E-state index contributed by atoms with van der Waals surface area (Å²) >= 11 is 0. The van der Waals surface area contributed by atoms with Crippen molar-refractivity contribution in [3.63, 3.8) is 0 Å². The molecule has 1 N–H and O–H groups in total. The fourth-order valence-corrected chi connectivity index (χ4v) is 3.29. The lowest BCUT2D eigenvalue weighted by Gasteiger charge is -2.35. The second-order valence-electron chi connectivity index (χ2n) is 5.78. The fraction of sp³-hybridized carbons (Fsp3) is 0.647. The zero-order chi connectivity index (χ0) is 14.5. The highest BCUT2D eigenvalue weighted by molar-refractivity contribution is 5.45. The van der Waals surface area contributed by atoms with Gasteiger partial charge in [-0.15, -0.1) is 0 Å². The third-order valence-electron chi connectivity index (χ3n) is 4.42. The Balaban J connectivity index is 2.14. The lowest BCUT2D eigenvalue weighted by Crippen LogP contribution is -2.41. The van der Waals surface area contributed by atoms with E-state index in [0.717, 1.165) is 39.0 Å². The molecule has 20 heavy (non-hydrogen) atoms. The number of phenols is 1. The number of aryl methyl sites for hydroxylation is 1. The van der Waals surface area contributed by atoms with Crippen molar-refractivity contribution in [2.75, 3.05) is 26.8 Å². The van der Waals surface area contributed by atoms with Gasteiger partial charge in [-0.05, 0) is 61.9 Å². The van der Waals surface area contributed by atoms with E-state index in [2.05, 4.69) is 18.7 Å². The molecule has 0 unspecified atom stereocenters. The molecule has 0 bridgehead atoms. The molecule has 112 valence electrons. The molecule has 2 rings (SSSR count).